The zero-order valence-corrected chi connectivity index (χ0v) is 14.9. The van der Waals surface area contributed by atoms with E-state index in [1.165, 1.54) is 0 Å². The molecule has 1 saturated heterocycles. The molecule has 6 nitrogen and oxygen atoms in total. The fourth-order valence-corrected chi connectivity index (χ4v) is 4.32. The Bertz CT molecular complexity index is 928. The van der Waals surface area contributed by atoms with Crippen LogP contribution in [0.2, 0.25) is 0 Å². The van der Waals surface area contributed by atoms with Crippen LogP contribution < -0.4 is 4.72 Å². The van der Waals surface area contributed by atoms with Gasteiger partial charge in [0.2, 0.25) is 10.0 Å². The minimum atomic E-state index is -3.55. The largest absolute Gasteiger partial charge is 0.339 e. The number of nitriles is 1. The molecule has 134 valence electrons. The van der Waals surface area contributed by atoms with Crippen molar-refractivity contribution < 1.29 is 13.2 Å². The highest BCUT2D eigenvalue weighted by atomic mass is 32.2. The summed E-state index contributed by atoms with van der Waals surface area (Å²) in [6.07, 6.45) is 1.10. The molecule has 0 spiro atoms. The zero-order valence-electron chi connectivity index (χ0n) is 14.1. The molecule has 7 heteroatoms. The van der Waals surface area contributed by atoms with Crippen molar-refractivity contribution in [2.45, 2.75) is 23.8 Å². The Hall–Kier alpha value is -2.69. The van der Waals surface area contributed by atoms with Crippen molar-refractivity contribution in [3.63, 3.8) is 0 Å². The van der Waals surface area contributed by atoms with E-state index in [1.54, 1.807) is 59.5 Å². The number of benzene rings is 2. The molecule has 0 saturated carbocycles. The molecule has 0 radical (unpaired) electrons. The fraction of sp³-hybridized carbons (Fsp3) is 0.263. The van der Waals surface area contributed by atoms with Crippen LogP contribution in [0.5, 0.6) is 0 Å². The van der Waals surface area contributed by atoms with Gasteiger partial charge in [0.15, 0.2) is 0 Å². The summed E-state index contributed by atoms with van der Waals surface area (Å²) in [4.78, 5) is 14.5. The number of likely N-dealkylation sites (tertiary alicyclic amines) is 1. The molecule has 0 aliphatic carbocycles. The number of piperidine rings is 1. The second-order valence-corrected chi connectivity index (χ2v) is 7.91. The van der Waals surface area contributed by atoms with E-state index in [1.807, 2.05) is 6.07 Å². The molecule has 1 aliphatic rings. The van der Waals surface area contributed by atoms with Gasteiger partial charge in [-0.2, -0.15) is 5.26 Å². The van der Waals surface area contributed by atoms with E-state index >= 15 is 0 Å². The van der Waals surface area contributed by atoms with Gasteiger partial charge in [0.1, 0.15) is 0 Å². The molecule has 0 aromatic heterocycles. The number of nitrogens with one attached hydrogen (secondary N) is 1. The van der Waals surface area contributed by atoms with Crippen LogP contribution in [0.25, 0.3) is 0 Å². The third kappa shape index (κ3) is 4.10. The van der Waals surface area contributed by atoms with Crippen LogP contribution >= 0.6 is 0 Å². The highest BCUT2D eigenvalue weighted by molar-refractivity contribution is 7.89. The number of sulfonamides is 1. The van der Waals surface area contributed by atoms with Gasteiger partial charge in [-0.05, 0) is 43.2 Å². The average Bonchev–Trinajstić information content (AvgIpc) is 2.68. The third-order valence-corrected chi connectivity index (χ3v) is 5.93. The van der Waals surface area contributed by atoms with Crippen LogP contribution in [-0.4, -0.2) is 38.4 Å². The first-order valence-electron chi connectivity index (χ1n) is 8.36. The van der Waals surface area contributed by atoms with Gasteiger partial charge in [-0.3, -0.25) is 4.79 Å². The summed E-state index contributed by atoms with van der Waals surface area (Å²) in [6, 6.07) is 16.7. The van der Waals surface area contributed by atoms with Crippen LogP contribution in [0, 0.1) is 11.3 Å². The summed E-state index contributed by atoms with van der Waals surface area (Å²) in [5.74, 6) is -0.133. The minimum Gasteiger partial charge on any atom is -0.339 e. The Labute approximate surface area is 153 Å². The lowest BCUT2D eigenvalue weighted by Crippen LogP contribution is -2.46. The summed E-state index contributed by atoms with van der Waals surface area (Å²) in [6.45, 7) is 0.940. The normalized spacial score (nSPS) is 15.4. The smallest absolute Gasteiger partial charge is 0.253 e. The topological polar surface area (TPSA) is 90.3 Å². The maximum absolute atomic E-state index is 12.6. The SMILES string of the molecule is N#Cc1cccc(C(=O)N2CCC(NS(=O)(=O)c3ccccc3)CC2)c1. The van der Waals surface area contributed by atoms with E-state index < -0.39 is 10.0 Å². The molecule has 2 aromatic carbocycles. The summed E-state index contributed by atoms with van der Waals surface area (Å²) >= 11 is 0. The van der Waals surface area contributed by atoms with E-state index in [9.17, 15) is 13.2 Å². The number of carbonyl (C=O) groups is 1. The maximum atomic E-state index is 12.6. The van der Waals surface area contributed by atoms with E-state index in [-0.39, 0.29) is 16.8 Å². The molecule has 0 atom stereocenters. The highest BCUT2D eigenvalue weighted by Crippen LogP contribution is 2.17. The van der Waals surface area contributed by atoms with Crippen molar-refractivity contribution in [3.05, 3.63) is 65.7 Å². The van der Waals surface area contributed by atoms with Crippen molar-refractivity contribution in [3.8, 4) is 6.07 Å². The van der Waals surface area contributed by atoms with Gasteiger partial charge < -0.3 is 4.90 Å². The minimum absolute atomic E-state index is 0.133. The van der Waals surface area contributed by atoms with Gasteiger partial charge >= 0.3 is 0 Å². The summed E-state index contributed by atoms with van der Waals surface area (Å²) < 4.78 is 27.5. The molecular formula is C19H19N3O3S. The van der Waals surface area contributed by atoms with Gasteiger partial charge in [0, 0.05) is 24.7 Å². The van der Waals surface area contributed by atoms with Gasteiger partial charge in [0.25, 0.3) is 5.91 Å². The van der Waals surface area contributed by atoms with Crippen molar-refractivity contribution in [2.24, 2.45) is 0 Å². The van der Waals surface area contributed by atoms with E-state index in [0.29, 0.717) is 37.1 Å². The second-order valence-electron chi connectivity index (χ2n) is 6.19. The molecule has 1 N–H and O–H groups in total. The Balaban J connectivity index is 1.61. The maximum Gasteiger partial charge on any atom is 0.253 e. The number of rotatable bonds is 4. The summed E-state index contributed by atoms with van der Waals surface area (Å²) in [7, 11) is -3.55. The van der Waals surface area contributed by atoms with Gasteiger partial charge in [-0.1, -0.05) is 24.3 Å². The van der Waals surface area contributed by atoms with Crippen molar-refractivity contribution in [1.82, 2.24) is 9.62 Å². The monoisotopic (exact) mass is 369 g/mol. The molecule has 26 heavy (non-hydrogen) atoms. The van der Waals surface area contributed by atoms with Gasteiger partial charge in [0.05, 0.1) is 16.5 Å². The van der Waals surface area contributed by atoms with E-state index in [0.717, 1.165) is 0 Å². The van der Waals surface area contributed by atoms with Crippen LogP contribution in [0.15, 0.2) is 59.5 Å². The quantitative estimate of drug-likeness (QED) is 0.894. The van der Waals surface area contributed by atoms with Crippen molar-refractivity contribution >= 4 is 15.9 Å². The summed E-state index contributed by atoms with van der Waals surface area (Å²) in [5.41, 5.74) is 0.925. The Kier molecular flexibility index (Phi) is 5.35. The molecule has 0 bridgehead atoms. The number of nitrogens with zero attached hydrogens (tertiary/aromatic N) is 2. The van der Waals surface area contributed by atoms with Crippen LogP contribution in [-0.2, 0) is 10.0 Å². The molecule has 3 rings (SSSR count). The van der Waals surface area contributed by atoms with Gasteiger partial charge in [-0.25, -0.2) is 13.1 Å². The lowest BCUT2D eigenvalue weighted by molar-refractivity contribution is 0.0711. The molecular weight excluding hydrogens is 350 g/mol. The average molecular weight is 369 g/mol. The first-order chi connectivity index (χ1) is 12.5. The number of hydrogen-bond donors (Lipinski definition) is 1. The van der Waals surface area contributed by atoms with Crippen molar-refractivity contribution in [2.75, 3.05) is 13.1 Å². The Morgan fingerprint density at radius 1 is 1.08 bits per heavy atom. The van der Waals surface area contributed by atoms with E-state index in [2.05, 4.69) is 4.72 Å². The lowest BCUT2D eigenvalue weighted by Gasteiger charge is -2.32. The lowest BCUT2D eigenvalue weighted by atomic mass is 10.0. The van der Waals surface area contributed by atoms with Crippen LogP contribution in [0.3, 0.4) is 0 Å². The molecule has 2 aromatic rings. The molecule has 1 heterocycles. The number of amides is 1. The van der Waals surface area contributed by atoms with Crippen LogP contribution in [0.4, 0.5) is 0 Å². The second kappa shape index (κ2) is 7.68. The first kappa shape index (κ1) is 18.1. The predicted octanol–water partition coefficient (Wildman–Crippen LogP) is 2.14. The molecule has 1 aliphatic heterocycles. The Morgan fingerprint density at radius 3 is 2.42 bits per heavy atom. The highest BCUT2D eigenvalue weighted by Gasteiger charge is 2.27. The standard InChI is InChI=1S/C19H19N3O3S/c20-14-15-5-4-6-16(13-15)19(23)22-11-9-17(10-12-22)21-26(24,25)18-7-2-1-3-8-18/h1-8,13,17,21H,9-12H2. The van der Waals surface area contributed by atoms with E-state index in [4.69, 9.17) is 5.26 Å². The summed E-state index contributed by atoms with van der Waals surface area (Å²) in [5, 5.41) is 8.95. The third-order valence-electron chi connectivity index (χ3n) is 4.40. The van der Waals surface area contributed by atoms with Crippen LogP contribution in [0.1, 0.15) is 28.8 Å². The number of carbonyl (C=O) groups excluding carboxylic acids is 1. The molecule has 0 unspecified atom stereocenters. The molecule has 1 amide bonds. The fourth-order valence-electron chi connectivity index (χ4n) is 2.99. The first-order valence-corrected chi connectivity index (χ1v) is 9.85. The zero-order chi connectivity index (χ0) is 18.6. The number of hydrogen-bond acceptors (Lipinski definition) is 4. The molecule has 1 fully saturated rings. The van der Waals surface area contributed by atoms with Gasteiger partial charge in [-0.15, -0.1) is 0 Å². The Morgan fingerprint density at radius 2 is 1.77 bits per heavy atom. The van der Waals surface area contributed by atoms with Crippen molar-refractivity contribution in [1.29, 1.82) is 5.26 Å². The predicted molar refractivity (Wildman–Crippen MR) is 96.8 cm³/mol.